The highest BCUT2D eigenvalue weighted by molar-refractivity contribution is 6.03. The second kappa shape index (κ2) is 8.19. The van der Waals surface area contributed by atoms with E-state index in [1.165, 1.54) is 16.5 Å². The van der Waals surface area contributed by atoms with Crippen molar-refractivity contribution in [1.29, 1.82) is 0 Å². The van der Waals surface area contributed by atoms with Gasteiger partial charge in [0.05, 0.1) is 0 Å². The Hall–Kier alpha value is -3.60. The van der Waals surface area contributed by atoms with E-state index >= 15 is 0 Å². The summed E-state index contributed by atoms with van der Waals surface area (Å²) in [6.45, 7) is 4.85. The molecule has 2 heterocycles. The molecule has 3 N–H and O–H groups in total. The van der Waals surface area contributed by atoms with Gasteiger partial charge in [-0.25, -0.2) is 0 Å². The molecule has 0 aliphatic heterocycles. The van der Waals surface area contributed by atoms with Crippen molar-refractivity contribution < 1.29 is 4.79 Å². The number of anilines is 2. The zero-order chi connectivity index (χ0) is 20.2. The number of pyridine rings is 1. The van der Waals surface area contributed by atoms with Crippen LogP contribution in [0, 0.1) is 13.8 Å². The number of benzene rings is 2. The molecule has 1 amide bonds. The molecule has 2 aromatic carbocycles. The van der Waals surface area contributed by atoms with Crippen LogP contribution < -0.4 is 10.6 Å². The zero-order valence-corrected chi connectivity index (χ0v) is 16.6. The lowest BCUT2D eigenvalue weighted by molar-refractivity contribution is 0.102. The van der Waals surface area contributed by atoms with Crippen LogP contribution in [0.5, 0.6) is 0 Å². The number of aromatic amines is 1. The average molecular weight is 384 g/mol. The molecular formula is C24H24N4O. The fraction of sp³-hybridized carbons (Fsp3) is 0.167. The first-order valence-corrected chi connectivity index (χ1v) is 9.74. The van der Waals surface area contributed by atoms with Crippen molar-refractivity contribution in [2.24, 2.45) is 0 Å². The molecule has 0 saturated carbocycles. The molecule has 0 aliphatic carbocycles. The second-order valence-electron chi connectivity index (χ2n) is 7.22. The minimum absolute atomic E-state index is 0.214. The van der Waals surface area contributed by atoms with Gasteiger partial charge in [0.2, 0.25) is 0 Å². The Bertz CT molecular complexity index is 1160. The molecule has 29 heavy (non-hydrogen) atoms. The summed E-state index contributed by atoms with van der Waals surface area (Å²) in [6.07, 6.45) is 4.60. The van der Waals surface area contributed by atoms with Crippen LogP contribution in [0.4, 0.5) is 11.4 Å². The highest BCUT2D eigenvalue weighted by atomic mass is 16.1. The van der Waals surface area contributed by atoms with Crippen LogP contribution in [0.2, 0.25) is 0 Å². The monoisotopic (exact) mass is 384 g/mol. The van der Waals surface area contributed by atoms with Gasteiger partial charge < -0.3 is 15.6 Å². The number of hydrogen-bond donors (Lipinski definition) is 3. The van der Waals surface area contributed by atoms with E-state index in [9.17, 15) is 4.79 Å². The fourth-order valence-corrected chi connectivity index (χ4v) is 3.36. The van der Waals surface area contributed by atoms with Crippen molar-refractivity contribution in [2.75, 3.05) is 17.2 Å². The molecule has 0 saturated heterocycles. The van der Waals surface area contributed by atoms with E-state index in [0.29, 0.717) is 5.69 Å². The third-order valence-electron chi connectivity index (χ3n) is 5.16. The van der Waals surface area contributed by atoms with Gasteiger partial charge in [0, 0.05) is 41.2 Å². The molecule has 0 radical (unpaired) electrons. The number of para-hydroxylation sites is 1. The Kier molecular flexibility index (Phi) is 5.29. The smallest absolute Gasteiger partial charge is 0.274 e. The maximum atomic E-state index is 12.6. The van der Waals surface area contributed by atoms with Crippen LogP contribution in [0.25, 0.3) is 10.9 Å². The predicted molar refractivity (Wildman–Crippen MR) is 119 cm³/mol. The number of H-pyrrole nitrogens is 1. The second-order valence-corrected chi connectivity index (χ2v) is 7.22. The van der Waals surface area contributed by atoms with Gasteiger partial charge in [0.1, 0.15) is 5.69 Å². The molecule has 0 spiro atoms. The predicted octanol–water partition coefficient (Wildman–Crippen LogP) is 5.09. The van der Waals surface area contributed by atoms with Crippen molar-refractivity contribution in [3.05, 3.63) is 89.4 Å². The van der Waals surface area contributed by atoms with Crippen molar-refractivity contribution in [2.45, 2.75) is 20.3 Å². The molecule has 4 rings (SSSR count). The van der Waals surface area contributed by atoms with Crippen LogP contribution >= 0.6 is 0 Å². The molecular weight excluding hydrogens is 360 g/mol. The number of fused-ring (bicyclic) bond motifs is 1. The van der Waals surface area contributed by atoms with Gasteiger partial charge in [-0.15, -0.1) is 0 Å². The summed E-state index contributed by atoms with van der Waals surface area (Å²) in [4.78, 5) is 20.1. The molecule has 5 heteroatoms. The van der Waals surface area contributed by atoms with Gasteiger partial charge in [-0.05, 0) is 67.3 Å². The van der Waals surface area contributed by atoms with Crippen LogP contribution in [-0.2, 0) is 6.42 Å². The third-order valence-corrected chi connectivity index (χ3v) is 5.16. The van der Waals surface area contributed by atoms with E-state index in [0.717, 1.165) is 35.4 Å². The van der Waals surface area contributed by atoms with E-state index in [2.05, 4.69) is 45.0 Å². The maximum absolute atomic E-state index is 12.6. The number of aryl methyl sites for hydroxylation is 2. The van der Waals surface area contributed by atoms with E-state index in [4.69, 9.17) is 0 Å². The Morgan fingerprint density at radius 2 is 1.86 bits per heavy atom. The van der Waals surface area contributed by atoms with E-state index in [1.54, 1.807) is 12.3 Å². The van der Waals surface area contributed by atoms with Gasteiger partial charge in [0.25, 0.3) is 5.91 Å². The number of nitrogens with zero attached hydrogens (tertiary/aromatic N) is 1. The summed E-state index contributed by atoms with van der Waals surface area (Å²) < 4.78 is 0. The van der Waals surface area contributed by atoms with Crippen LogP contribution in [0.1, 0.15) is 27.2 Å². The molecule has 0 fully saturated rings. The highest BCUT2D eigenvalue weighted by Crippen LogP contribution is 2.19. The number of amides is 1. The van der Waals surface area contributed by atoms with Gasteiger partial charge in [-0.2, -0.15) is 0 Å². The fourth-order valence-electron chi connectivity index (χ4n) is 3.36. The van der Waals surface area contributed by atoms with Gasteiger partial charge in [-0.3, -0.25) is 9.78 Å². The molecule has 2 aromatic heterocycles. The summed E-state index contributed by atoms with van der Waals surface area (Å²) in [5.41, 5.74) is 6.81. The minimum Gasteiger partial charge on any atom is -0.385 e. The first kappa shape index (κ1) is 18.7. The van der Waals surface area contributed by atoms with Crippen LogP contribution in [-0.4, -0.2) is 22.4 Å². The average Bonchev–Trinajstić information content (AvgIpc) is 3.14. The lowest BCUT2D eigenvalue weighted by Gasteiger charge is -2.09. The number of hydrogen-bond acceptors (Lipinski definition) is 3. The zero-order valence-electron chi connectivity index (χ0n) is 16.6. The van der Waals surface area contributed by atoms with Gasteiger partial charge in [-0.1, -0.05) is 24.3 Å². The Morgan fingerprint density at radius 1 is 1.00 bits per heavy atom. The number of nitrogens with one attached hydrogen (secondary N) is 3. The molecule has 4 aromatic rings. The standard InChI is InChI=1S/C24H24N4O/c1-16-7-8-20(13-17(16)2)28-24(29)23-14-19(10-12-26-23)25-11-9-18-15-27-22-6-4-3-5-21(18)22/h3-8,10,12-15,27H,9,11H2,1-2H3,(H,25,26)(H,28,29). The van der Waals surface area contributed by atoms with Crippen molar-refractivity contribution in [3.8, 4) is 0 Å². The molecule has 0 atom stereocenters. The molecule has 0 bridgehead atoms. The number of carbonyl (C=O) groups excluding carboxylic acids is 1. The number of aromatic nitrogens is 2. The largest absolute Gasteiger partial charge is 0.385 e. The number of rotatable bonds is 6. The highest BCUT2D eigenvalue weighted by Gasteiger charge is 2.09. The van der Waals surface area contributed by atoms with Gasteiger partial charge >= 0.3 is 0 Å². The quantitative estimate of drug-likeness (QED) is 0.434. The van der Waals surface area contributed by atoms with Crippen molar-refractivity contribution >= 4 is 28.2 Å². The first-order valence-electron chi connectivity index (χ1n) is 9.74. The normalized spacial score (nSPS) is 10.8. The molecule has 5 nitrogen and oxygen atoms in total. The minimum atomic E-state index is -0.214. The van der Waals surface area contributed by atoms with Gasteiger partial charge in [0.15, 0.2) is 0 Å². The van der Waals surface area contributed by atoms with E-state index in [-0.39, 0.29) is 5.91 Å². The maximum Gasteiger partial charge on any atom is 0.274 e. The molecule has 0 unspecified atom stereocenters. The Labute approximate surface area is 170 Å². The summed E-state index contributed by atoms with van der Waals surface area (Å²) in [7, 11) is 0. The lowest BCUT2D eigenvalue weighted by Crippen LogP contribution is -2.14. The van der Waals surface area contributed by atoms with Crippen molar-refractivity contribution in [3.63, 3.8) is 0 Å². The Balaban J connectivity index is 1.39. The topological polar surface area (TPSA) is 69.8 Å². The van der Waals surface area contributed by atoms with Crippen LogP contribution in [0.15, 0.2) is 67.0 Å². The third kappa shape index (κ3) is 4.29. The SMILES string of the molecule is Cc1ccc(NC(=O)c2cc(NCCc3c[nH]c4ccccc34)ccn2)cc1C. The Morgan fingerprint density at radius 3 is 2.72 bits per heavy atom. The van der Waals surface area contributed by atoms with Crippen molar-refractivity contribution in [1.82, 2.24) is 9.97 Å². The number of carbonyl (C=O) groups is 1. The molecule has 146 valence electrons. The lowest BCUT2D eigenvalue weighted by atomic mass is 10.1. The summed E-state index contributed by atoms with van der Waals surface area (Å²) in [5, 5.41) is 7.56. The summed E-state index contributed by atoms with van der Waals surface area (Å²) in [5.74, 6) is -0.214. The first-order chi connectivity index (χ1) is 14.1. The van der Waals surface area contributed by atoms with Crippen LogP contribution in [0.3, 0.4) is 0 Å². The summed E-state index contributed by atoms with van der Waals surface area (Å²) >= 11 is 0. The van der Waals surface area contributed by atoms with E-state index < -0.39 is 0 Å². The molecule has 0 aliphatic rings. The van der Waals surface area contributed by atoms with E-state index in [1.807, 2.05) is 44.2 Å². The summed E-state index contributed by atoms with van der Waals surface area (Å²) in [6, 6.07) is 17.8.